The quantitative estimate of drug-likeness (QED) is 0.869. The third kappa shape index (κ3) is 3.19. The highest BCUT2D eigenvalue weighted by Gasteiger charge is 2.12. The van der Waals surface area contributed by atoms with Crippen molar-refractivity contribution in [1.82, 2.24) is 20.1 Å². The van der Waals surface area contributed by atoms with Gasteiger partial charge in [0.25, 0.3) is 0 Å². The highest BCUT2D eigenvalue weighted by molar-refractivity contribution is 5.76. The lowest BCUT2D eigenvalue weighted by atomic mass is 10.2. The zero-order valence-corrected chi connectivity index (χ0v) is 10.5. The van der Waals surface area contributed by atoms with Gasteiger partial charge in [-0.3, -0.25) is 9.48 Å². The van der Waals surface area contributed by atoms with E-state index < -0.39 is 0 Å². The highest BCUT2D eigenvalue weighted by Crippen LogP contribution is 2.15. The molecule has 1 atom stereocenters. The fraction of sp³-hybridized carbons (Fsp3) is 0.417. The second kappa shape index (κ2) is 5.48. The predicted molar refractivity (Wildman–Crippen MR) is 64.6 cm³/mol. The normalized spacial score (nSPS) is 12.3. The van der Waals surface area contributed by atoms with Crippen molar-refractivity contribution >= 4 is 5.91 Å². The van der Waals surface area contributed by atoms with Gasteiger partial charge in [0.2, 0.25) is 5.91 Å². The molecule has 0 aromatic carbocycles. The van der Waals surface area contributed by atoms with Gasteiger partial charge in [-0.25, -0.2) is 4.98 Å². The molecule has 2 rings (SSSR count). The van der Waals surface area contributed by atoms with Gasteiger partial charge in [0, 0.05) is 6.42 Å². The molecular weight excluding hydrogens is 232 g/mol. The van der Waals surface area contributed by atoms with Crippen LogP contribution in [0.4, 0.5) is 0 Å². The lowest BCUT2D eigenvalue weighted by molar-refractivity contribution is -0.122. The minimum atomic E-state index is -0.123. The summed E-state index contributed by atoms with van der Waals surface area (Å²) in [5.41, 5.74) is 0. The molecular formula is C12H16N4O2. The Kier molecular flexibility index (Phi) is 3.76. The Morgan fingerprint density at radius 1 is 1.56 bits per heavy atom. The zero-order valence-electron chi connectivity index (χ0n) is 10.5. The average molecular weight is 248 g/mol. The summed E-state index contributed by atoms with van der Waals surface area (Å²) in [7, 11) is 0. The van der Waals surface area contributed by atoms with Crippen LogP contribution in [0.5, 0.6) is 0 Å². The standard InChI is InChI=1S/C12H16N4O2/c1-9-3-4-11(18-9)10(2)15-12(17)5-6-16-8-13-7-14-16/h3-4,7-8,10H,5-6H2,1-2H3,(H,15,17)/t10-/m1/s1. The van der Waals surface area contributed by atoms with E-state index >= 15 is 0 Å². The van der Waals surface area contributed by atoms with Crippen LogP contribution in [0, 0.1) is 6.92 Å². The molecule has 1 N–H and O–H groups in total. The minimum Gasteiger partial charge on any atom is -0.464 e. The van der Waals surface area contributed by atoms with Crippen molar-refractivity contribution in [3.8, 4) is 0 Å². The van der Waals surface area contributed by atoms with Crippen LogP contribution in [-0.2, 0) is 11.3 Å². The van der Waals surface area contributed by atoms with E-state index in [0.717, 1.165) is 11.5 Å². The molecule has 2 heterocycles. The molecule has 0 saturated heterocycles. The van der Waals surface area contributed by atoms with Gasteiger partial charge in [-0.15, -0.1) is 0 Å². The van der Waals surface area contributed by atoms with Crippen LogP contribution in [0.2, 0.25) is 0 Å². The summed E-state index contributed by atoms with van der Waals surface area (Å²) in [6, 6.07) is 3.63. The van der Waals surface area contributed by atoms with Crippen molar-refractivity contribution in [3.63, 3.8) is 0 Å². The summed E-state index contributed by atoms with van der Waals surface area (Å²) in [6.07, 6.45) is 3.41. The molecule has 0 aliphatic heterocycles. The van der Waals surface area contributed by atoms with Crippen molar-refractivity contribution in [1.29, 1.82) is 0 Å². The van der Waals surface area contributed by atoms with Crippen LogP contribution in [0.15, 0.2) is 29.2 Å². The maximum absolute atomic E-state index is 11.7. The van der Waals surface area contributed by atoms with E-state index in [2.05, 4.69) is 15.4 Å². The van der Waals surface area contributed by atoms with Gasteiger partial charge in [0.15, 0.2) is 0 Å². The number of nitrogens with zero attached hydrogens (tertiary/aromatic N) is 3. The Hall–Kier alpha value is -2.11. The number of furan rings is 1. The molecule has 0 fully saturated rings. The number of carbonyl (C=O) groups excluding carboxylic acids is 1. The Morgan fingerprint density at radius 2 is 2.39 bits per heavy atom. The van der Waals surface area contributed by atoms with Crippen molar-refractivity contribution in [2.75, 3.05) is 0 Å². The van der Waals surface area contributed by atoms with Crippen molar-refractivity contribution in [3.05, 3.63) is 36.3 Å². The molecule has 0 radical (unpaired) electrons. The number of hydrogen-bond donors (Lipinski definition) is 1. The maximum atomic E-state index is 11.7. The predicted octanol–water partition coefficient (Wildman–Crippen LogP) is 1.45. The lowest BCUT2D eigenvalue weighted by Crippen LogP contribution is -2.27. The van der Waals surface area contributed by atoms with Crippen LogP contribution in [0.3, 0.4) is 0 Å². The van der Waals surface area contributed by atoms with Gasteiger partial charge < -0.3 is 9.73 Å². The number of aromatic nitrogens is 3. The maximum Gasteiger partial charge on any atom is 0.222 e. The first-order chi connectivity index (χ1) is 8.65. The largest absolute Gasteiger partial charge is 0.464 e. The molecule has 6 nitrogen and oxygen atoms in total. The first kappa shape index (κ1) is 12.3. The van der Waals surface area contributed by atoms with Crippen LogP contribution < -0.4 is 5.32 Å². The topological polar surface area (TPSA) is 73.0 Å². The lowest BCUT2D eigenvalue weighted by Gasteiger charge is -2.11. The van der Waals surface area contributed by atoms with E-state index in [1.807, 2.05) is 26.0 Å². The number of amides is 1. The second-order valence-electron chi connectivity index (χ2n) is 4.15. The number of aryl methyl sites for hydroxylation is 2. The van der Waals surface area contributed by atoms with E-state index in [4.69, 9.17) is 4.42 Å². The van der Waals surface area contributed by atoms with Crippen molar-refractivity contribution in [2.24, 2.45) is 0 Å². The molecule has 0 aliphatic carbocycles. The Morgan fingerprint density at radius 3 is 3.00 bits per heavy atom. The van der Waals surface area contributed by atoms with Gasteiger partial charge in [-0.1, -0.05) is 0 Å². The van der Waals surface area contributed by atoms with E-state index in [0.29, 0.717) is 13.0 Å². The zero-order chi connectivity index (χ0) is 13.0. The average Bonchev–Trinajstić information content (AvgIpc) is 2.97. The van der Waals surface area contributed by atoms with Crippen LogP contribution in [0.1, 0.15) is 30.9 Å². The van der Waals surface area contributed by atoms with E-state index in [-0.39, 0.29) is 11.9 Å². The van der Waals surface area contributed by atoms with Crippen molar-refractivity contribution < 1.29 is 9.21 Å². The Bertz CT molecular complexity index is 504. The molecule has 96 valence electrons. The molecule has 0 spiro atoms. The van der Waals surface area contributed by atoms with Gasteiger partial charge in [0.05, 0.1) is 12.6 Å². The fourth-order valence-corrected chi connectivity index (χ4v) is 1.64. The van der Waals surface area contributed by atoms with Crippen LogP contribution >= 0.6 is 0 Å². The molecule has 0 bridgehead atoms. The van der Waals surface area contributed by atoms with Gasteiger partial charge in [0.1, 0.15) is 24.2 Å². The number of rotatable bonds is 5. The third-order valence-electron chi connectivity index (χ3n) is 2.60. The number of hydrogen-bond acceptors (Lipinski definition) is 4. The Balaban J connectivity index is 1.80. The summed E-state index contributed by atoms with van der Waals surface area (Å²) in [5.74, 6) is 1.57. The van der Waals surface area contributed by atoms with E-state index in [1.54, 1.807) is 11.0 Å². The second-order valence-corrected chi connectivity index (χ2v) is 4.15. The molecule has 18 heavy (non-hydrogen) atoms. The first-order valence-corrected chi connectivity index (χ1v) is 5.83. The molecule has 2 aromatic heterocycles. The van der Waals surface area contributed by atoms with Gasteiger partial charge in [-0.2, -0.15) is 5.10 Å². The monoisotopic (exact) mass is 248 g/mol. The number of nitrogens with one attached hydrogen (secondary N) is 1. The van der Waals surface area contributed by atoms with E-state index in [9.17, 15) is 4.79 Å². The molecule has 0 aliphatic rings. The Labute approximate surface area is 105 Å². The first-order valence-electron chi connectivity index (χ1n) is 5.83. The summed E-state index contributed by atoms with van der Waals surface area (Å²) < 4.78 is 7.08. The summed E-state index contributed by atoms with van der Waals surface area (Å²) >= 11 is 0. The minimum absolute atomic E-state index is 0.0351. The van der Waals surface area contributed by atoms with E-state index in [1.165, 1.54) is 6.33 Å². The summed E-state index contributed by atoms with van der Waals surface area (Å²) in [5, 5.41) is 6.81. The van der Waals surface area contributed by atoms with Crippen LogP contribution in [-0.4, -0.2) is 20.7 Å². The molecule has 1 amide bonds. The summed E-state index contributed by atoms with van der Waals surface area (Å²) in [4.78, 5) is 15.5. The van der Waals surface area contributed by atoms with Gasteiger partial charge >= 0.3 is 0 Å². The molecule has 0 saturated carbocycles. The highest BCUT2D eigenvalue weighted by atomic mass is 16.3. The smallest absolute Gasteiger partial charge is 0.222 e. The third-order valence-corrected chi connectivity index (χ3v) is 2.60. The molecule has 6 heteroatoms. The summed E-state index contributed by atoms with van der Waals surface area (Å²) in [6.45, 7) is 4.30. The SMILES string of the molecule is Cc1ccc([C@@H](C)NC(=O)CCn2cncn2)o1. The molecule has 2 aromatic rings. The number of carbonyl (C=O) groups is 1. The molecule has 0 unspecified atom stereocenters. The van der Waals surface area contributed by atoms with Crippen LogP contribution in [0.25, 0.3) is 0 Å². The van der Waals surface area contributed by atoms with Gasteiger partial charge in [-0.05, 0) is 26.0 Å². The fourth-order valence-electron chi connectivity index (χ4n) is 1.64. The van der Waals surface area contributed by atoms with Crippen molar-refractivity contribution in [2.45, 2.75) is 32.9 Å².